The van der Waals surface area contributed by atoms with Crippen molar-refractivity contribution in [3.8, 4) is 0 Å². The molecule has 2 N–H and O–H groups in total. The average Bonchev–Trinajstić information content (AvgIpc) is 2.36. The maximum Gasteiger partial charge on any atom is 0.129 e. The molecule has 0 bridgehead atoms. The summed E-state index contributed by atoms with van der Waals surface area (Å²) in [5.41, 5.74) is 8.41. The van der Waals surface area contributed by atoms with Crippen molar-refractivity contribution >= 4 is 43.5 Å². The van der Waals surface area contributed by atoms with Gasteiger partial charge >= 0.3 is 0 Å². The Bertz CT molecular complexity index is 631. The van der Waals surface area contributed by atoms with Crippen molar-refractivity contribution < 1.29 is 4.39 Å². The molecule has 1 unspecified atom stereocenters. The topological polar surface area (TPSA) is 26.0 Å². The zero-order valence-corrected chi connectivity index (χ0v) is 14.0. The summed E-state index contributed by atoms with van der Waals surface area (Å²) < 4.78 is 15.5. The third kappa shape index (κ3) is 3.19. The molecule has 2 rings (SSSR count). The maximum absolute atomic E-state index is 14.0. The van der Waals surface area contributed by atoms with Crippen LogP contribution in [0.15, 0.2) is 39.3 Å². The first-order chi connectivity index (χ1) is 8.90. The first kappa shape index (κ1) is 15.0. The van der Waals surface area contributed by atoms with E-state index in [0.29, 0.717) is 15.1 Å². The van der Waals surface area contributed by atoms with E-state index in [-0.39, 0.29) is 5.82 Å². The quantitative estimate of drug-likeness (QED) is 0.667. The highest BCUT2D eigenvalue weighted by Gasteiger charge is 2.16. The van der Waals surface area contributed by atoms with Crippen molar-refractivity contribution in [2.45, 2.75) is 13.0 Å². The number of hydrogen-bond acceptors (Lipinski definition) is 1. The molecule has 5 heteroatoms. The zero-order chi connectivity index (χ0) is 14.2. The van der Waals surface area contributed by atoms with Crippen molar-refractivity contribution in [3.05, 3.63) is 66.8 Å². The molecule has 2 aromatic carbocycles. The molecule has 1 atom stereocenters. The largest absolute Gasteiger partial charge is 0.320 e. The van der Waals surface area contributed by atoms with Crippen LogP contribution in [-0.2, 0) is 0 Å². The number of rotatable bonds is 2. The van der Waals surface area contributed by atoms with Crippen molar-refractivity contribution in [2.75, 3.05) is 0 Å². The molecule has 0 aromatic heterocycles. The van der Waals surface area contributed by atoms with Crippen LogP contribution >= 0.6 is 43.5 Å². The van der Waals surface area contributed by atoms with E-state index in [9.17, 15) is 4.39 Å². The number of hydrogen-bond donors (Lipinski definition) is 1. The van der Waals surface area contributed by atoms with Gasteiger partial charge in [-0.05, 0) is 52.2 Å². The van der Waals surface area contributed by atoms with Gasteiger partial charge < -0.3 is 5.73 Å². The Morgan fingerprint density at radius 2 is 1.84 bits per heavy atom. The van der Waals surface area contributed by atoms with Gasteiger partial charge in [0.05, 0.1) is 11.1 Å². The van der Waals surface area contributed by atoms with Crippen LogP contribution in [0.2, 0.25) is 5.02 Å². The maximum atomic E-state index is 14.0. The molecule has 0 heterocycles. The van der Waals surface area contributed by atoms with Crippen LogP contribution in [0.25, 0.3) is 0 Å². The van der Waals surface area contributed by atoms with Crippen LogP contribution in [0.5, 0.6) is 0 Å². The molecular weight excluding hydrogens is 396 g/mol. The number of nitrogens with two attached hydrogens (primary N) is 1. The molecule has 0 spiro atoms. The highest BCUT2D eigenvalue weighted by molar-refractivity contribution is 9.10. The minimum atomic E-state index is -0.544. The molecule has 0 saturated heterocycles. The molecule has 0 amide bonds. The third-order valence-electron chi connectivity index (χ3n) is 2.92. The highest BCUT2D eigenvalue weighted by atomic mass is 79.9. The Balaban J connectivity index is 2.46. The van der Waals surface area contributed by atoms with E-state index in [1.165, 1.54) is 6.07 Å². The molecule has 1 nitrogen and oxygen atoms in total. The van der Waals surface area contributed by atoms with E-state index in [0.717, 1.165) is 15.6 Å². The second kappa shape index (κ2) is 5.92. The molecule has 100 valence electrons. The van der Waals surface area contributed by atoms with Crippen LogP contribution < -0.4 is 5.73 Å². The van der Waals surface area contributed by atoms with E-state index < -0.39 is 6.04 Å². The van der Waals surface area contributed by atoms with Crippen LogP contribution in [-0.4, -0.2) is 0 Å². The van der Waals surface area contributed by atoms with Gasteiger partial charge in [0.2, 0.25) is 0 Å². The van der Waals surface area contributed by atoms with Crippen LogP contribution in [0.3, 0.4) is 0 Å². The molecule has 0 aliphatic rings. The van der Waals surface area contributed by atoms with E-state index in [1.54, 1.807) is 6.07 Å². The summed E-state index contributed by atoms with van der Waals surface area (Å²) in [6, 6.07) is 8.06. The van der Waals surface area contributed by atoms with Gasteiger partial charge in [0.15, 0.2) is 0 Å². The van der Waals surface area contributed by atoms with Gasteiger partial charge in [0.1, 0.15) is 5.82 Å². The van der Waals surface area contributed by atoms with Gasteiger partial charge in [-0.25, -0.2) is 4.39 Å². The molecule has 19 heavy (non-hydrogen) atoms. The van der Waals surface area contributed by atoms with Gasteiger partial charge in [-0.2, -0.15) is 0 Å². The smallest absolute Gasteiger partial charge is 0.129 e. The van der Waals surface area contributed by atoms with Gasteiger partial charge in [0, 0.05) is 14.5 Å². The minimum absolute atomic E-state index is 0.371. The highest BCUT2D eigenvalue weighted by Crippen LogP contribution is 2.31. The lowest BCUT2D eigenvalue weighted by atomic mass is 9.98. The normalized spacial score (nSPS) is 12.5. The van der Waals surface area contributed by atoms with E-state index >= 15 is 0 Å². The summed E-state index contributed by atoms with van der Waals surface area (Å²) in [5.74, 6) is -0.371. The van der Waals surface area contributed by atoms with Gasteiger partial charge in [-0.1, -0.05) is 39.7 Å². The summed E-state index contributed by atoms with van der Waals surface area (Å²) in [7, 11) is 0. The molecule has 2 aromatic rings. The first-order valence-electron chi connectivity index (χ1n) is 5.56. The number of aryl methyl sites for hydroxylation is 1. The number of benzene rings is 2. The Labute approximate surface area is 133 Å². The lowest BCUT2D eigenvalue weighted by molar-refractivity contribution is 0.599. The van der Waals surface area contributed by atoms with Gasteiger partial charge in [-0.15, -0.1) is 0 Å². The molecule has 0 fully saturated rings. The summed E-state index contributed by atoms with van der Waals surface area (Å²) >= 11 is 12.6. The molecule has 0 saturated carbocycles. The third-order valence-corrected chi connectivity index (χ3v) is 5.00. The predicted molar refractivity (Wildman–Crippen MR) is 84.0 cm³/mol. The molecule has 0 radical (unpaired) electrons. The average molecular weight is 408 g/mol. The second-order valence-corrected chi connectivity index (χ2v) is 6.39. The summed E-state index contributed by atoms with van der Waals surface area (Å²) in [6.45, 7) is 1.96. The van der Waals surface area contributed by atoms with Crippen LogP contribution in [0, 0.1) is 12.7 Å². The molecule has 0 aliphatic heterocycles. The lowest BCUT2D eigenvalue weighted by Crippen LogP contribution is -2.14. The fraction of sp³-hybridized carbons (Fsp3) is 0.143. The summed E-state index contributed by atoms with van der Waals surface area (Å²) in [5, 5.41) is 0.445. The van der Waals surface area contributed by atoms with Crippen LogP contribution in [0.4, 0.5) is 4.39 Å². The van der Waals surface area contributed by atoms with Gasteiger partial charge in [0.25, 0.3) is 0 Å². The second-order valence-electron chi connectivity index (χ2n) is 4.27. The van der Waals surface area contributed by atoms with E-state index in [1.807, 2.05) is 25.1 Å². The fourth-order valence-corrected chi connectivity index (χ4v) is 2.55. The van der Waals surface area contributed by atoms with Crippen molar-refractivity contribution in [1.29, 1.82) is 0 Å². The van der Waals surface area contributed by atoms with E-state index in [2.05, 4.69) is 31.9 Å². The minimum Gasteiger partial charge on any atom is -0.320 e. The predicted octanol–water partition coefficient (Wildman–Crippen LogP) is 5.36. The summed E-state index contributed by atoms with van der Waals surface area (Å²) in [6.07, 6.45) is 0. The van der Waals surface area contributed by atoms with E-state index in [4.69, 9.17) is 17.3 Å². The Morgan fingerprint density at radius 3 is 2.47 bits per heavy atom. The SMILES string of the molecule is Cc1cc(C(N)c2cc(Cl)c(Br)cc2F)ccc1Br. The molecule has 0 aliphatic carbocycles. The summed E-state index contributed by atoms with van der Waals surface area (Å²) in [4.78, 5) is 0. The van der Waals surface area contributed by atoms with Crippen molar-refractivity contribution in [3.63, 3.8) is 0 Å². The Kier molecular flexibility index (Phi) is 4.66. The van der Waals surface area contributed by atoms with Gasteiger partial charge in [-0.3, -0.25) is 0 Å². The van der Waals surface area contributed by atoms with Crippen LogP contribution in [0.1, 0.15) is 22.7 Å². The Hall–Kier alpha value is -0.420. The monoisotopic (exact) mass is 405 g/mol. The first-order valence-corrected chi connectivity index (χ1v) is 7.52. The number of halogens is 4. The molecular formula is C14H11Br2ClFN. The van der Waals surface area contributed by atoms with Crippen molar-refractivity contribution in [1.82, 2.24) is 0 Å². The lowest BCUT2D eigenvalue weighted by Gasteiger charge is -2.15. The zero-order valence-electron chi connectivity index (χ0n) is 10.1. The van der Waals surface area contributed by atoms with Crippen molar-refractivity contribution in [2.24, 2.45) is 5.73 Å². The standard InChI is InChI=1S/C14H11Br2ClFN/c1-7-4-8(2-3-10(7)15)14(19)9-5-12(17)11(16)6-13(9)18/h2-6,14H,19H2,1H3. The fourth-order valence-electron chi connectivity index (χ4n) is 1.82. The Morgan fingerprint density at radius 1 is 1.16 bits per heavy atom.